The fourth-order valence-electron chi connectivity index (χ4n) is 3.20. The van der Waals surface area contributed by atoms with Gasteiger partial charge in [-0.3, -0.25) is 9.59 Å². The van der Waals surface area contributed by atoms with Crippen LogP contribution in [0.1, 0.15) is 38.5 Å². The summed E-state index contributed by atoms with van der Waals surface area (Å²) in [6, 6.07) is -0.820. The van der Waals surface area contributed by atoms with Crippen LogP contribution in [0.15, 0.2) is 0 Å². The van der Waals surface area contributed by atoms with Crippen molar-refractivity contribution in [3.63, 3.8) is 0 Å². The van der Waals surface area contributed by atoms with Crippen molar-refractivity contribution < 1.29 is 23.1 Å². The van der Waals surface area contributed by atoms with Crippen LogP contribution in [0.5, 0.6) is 0 Å². The number of piperidine rings is 1. The van der Waals surface area contributed by atoms with Crippen LogP contribution in [-0.2, 0) is 19.6 Å². The van der Waals surface area contributed by atoms with E-state index in [-0.39, 0.29) is 11.9 Å². The van der Waals surface area contributed by atoms with E-state index >= 15 is 0 Å². The smallest absolute Gasteiger partial charge is 0.306 e. The maximum absolute atomic E-state index is 12.3. The van der Waals surface area contributed by atoms with Crippen molar-refractivity contribution in [1.82, 2.24) is 9.62 Å². The van der Waals surface area contributed by atoms with Gasteiger partial charge in [-0.2, -0.15) is 4.31 Å². The summed E-state index contributed by atoms with van der Waals surface area (Å²) in [5.41, 5.74) is 0. The molecule has 0 radical (unpaired) electrons. The Bertz CT molecular complexity index is 519. The second kappa shape index (κ2) is 6.31. The first-order chi connectivity index (χ1) is 9.79. The summed E-state index contributed by atoms with van der Waals surface area (Å²) in [6.07, 6.45) is 4.85. The fraction of sp³-hybridized carbons (Fsp3) is 0.846. The minimum Gasteiger partial charge on any atom is -0.481 e. The zero-order chi connectivity index (χ0) is 15.6. The highest BCUT2D eigenvalue weighted by Crippen LogP contribution is 2.27. The SMILES string of the molecule is CS(=O)(=O)N1CCCCC1C(=O)N[C@H]1CC[C@@H](C(=O)O)C1. The van der Waals surface area contributed by atoms with Crippen LogP contribution < -0.4 is 5.32 Å². The van der Waals surface area contributed by atoms with E-state index in [0.29, 0.717) is 32.2 Å². The average Bonchev–Trinajstić information content (AvgIpc) is 2.86. The number of rotatable bonds is 4. The Hall–Kier alpha value is -1.15. The van der Waals surface area contributed by atoms with Gasteiger partial charge in [-0.1, -0.05) is 6.42 Å². The van der Waals surface area contributed by atoms with Crippen molar-refractivity contribution in [2.75, 3.05) is 12.8 Å². The highest BCUT2D eigenvalue weighted by atomic mass is 32.2. The summed E-state index contributed by atoms with van der Waals surface area (Å²) >= 11 is 0. The molecule has 2 rings (SSSR count). The van der Waals surface area contributed by atoms with Gasteiger partial charge in [0.1, 0.15) is 6.04 Å². The summed E-state index contributed by atoms with van der Waals surface area (Å²) < 4.78 is 24.8. The van der Waals surface area contributed by atoms with Crippen LogP contribution in [0, 0.1) is 5.92 Å². The standard InChI is InChI=1S/C13H22N2O5S/c1-21(19,20)15-7-3-2-4-11(15)12(16)14-10-6-5-9(8-10)13(17)18/h9-11H,2-8H2,1H3,(H,14,16)(H,17,18)/t9-,10+,11?/m1/s1. The number of carboxylic acids is 1. The van der Waals surface area contributed by atoms with Gasteiger partial charge in [0.15, 0.2) is 0 Å². The average molecular weight is 318 g/mol. The fourth-order valence-corrected chi connectivity index (χ4v) is 4.32. The monoisotopic (exact) mass is 318 g/mol. The molecule has 21 heavy (non-hydrogen) atoms. The second-order valence-electron chi connectivity index (χ2n) is 5.94. The molecular weight excluding hydrogens is 296 g/mol. The highest BCUT2D eigenvalue weighted by Gasteiger charge is 2.37. The highest BCUT2D eigenvalue weighted by molar-refractivity contribution is 7.88. The van der Waals surface area contributed by atoms with Crippen molar-refractivity contribution in [2.45, 2.75) is 50.6 Å². The minimum atomic E-state index is -3.40. The lowest BCUT2D eigenvalue weighted by Crippen LogP contribution is -2.53. The number of nitrogens with zero attached hydrogens (tertiary/aromatic N) is 1. The molecule has 7 nitrogen and oxygen atoms in total. The van der Waals surface area contributed by atoms with Gasteiger partial charge < -0.3 is 10.4 Å². The van der Waals surface area contributed by atoms with Crippen molar-refractivity contribution in [2.24, 2.45) is 5.92 Å². The molecule has 0 aromatic heterocycles. The zero-order valence-corrected chi connectivity index (χ0v) is 12.9. The molecule has 120 valence electrons. The van der Waals surface area contributed by atoms with Crippen LogP contribution >= 0.6 is 0 Å². The first-order valence-electron chi connectivity index (χ1n) is 7.29. The van der Waals surface area contributed by atoms with E-state index in [1.54, 1.807) is 0 Å². The minimum absolute atomic E-state index is 0.165. The Labute approximate surface area is 124 Å². The quantitative estimate of drug-likeness (QED) is 0.769. The van der Waals surface area contributed by atoms with Crippen LogP contribution in [-0.4, -0.2) is 54.6 Å². The summed E-state index contributed by atoms with van der Waals surface area (Å²) in [5, 5.41) is 11.8. The van der Waals surface area contributed by atoms with Gasteiger partial charge in [0.05, 0.1) is 12.2 Å². The molecule has 0 bridgehead atoms. The predicted molar refractivity (Wildman–Crippen MR) is 76.1 cm³/mol. The molecule has 0 aromatic rings. The van der Waals surface area contributed by atoms with E-state index in [0.717, 1.165) is 19.1 Å². The molecule has 1 aliphatic carbocycles. The molecule has 0 spiro atoms. The normalized spacial score (nSPS) is 31.0. The van der Waals surface area contributed by atoms with Crippen molar-refractivity contribution in [1.29, 1.82) is 0 Å². The Kier molecular flexibility index (Phi) is 4.88. The number of sulfonamides is 1. The molecule has 8 heteroatoms. The van der Waals surface area contributed by atoms with E-state index in [1.807, 2.05) is 0 Å². The van der Waals surface area contributed by atoms with Gasteiger partial charge in [0.25, 0.3) is 0 Å². The van der Waals surface area contributed by atoms with Gasteiger partial charge >= 0.3 is 5.97 Å². The maximum Gasteiger partial charge on any atom is 0.306 e. The summed E-state index contributed by atoms with van der Waals surface area (Å²) in [7, 11) is -3.40. The molecule has 1 saturated carbocycles. The molecule has 1 heterocycles. The zero-order valence-electron chi connectivity index (χ0n) is 12.1. The second-order valence-corrected chi connectivity index (χ2v) is 7.87. The molecule has 2 fully saturated rings. The number of nitrogens with one attached hydrogen (secondary N) is 1. The molecule has 3 atom stereocenters. The number of amides is 1. The Morgan fingerprint density at radius 1 is 1.19 bits per heavy atom. The van der Waals surface area contributed by atoms with Crippen LogP contribution in [0.4, 0.5) is 0 Å². The van der Waals surface area contributed by atoms with E-state index < -0.39 is 28.0 Å². The largest absolute Gasteiger partial charge is 0.481 e. The summed E-state index contributed by atoms with van der Waals surface area (Å²) in [4.78, 5) is 23.2. The van der Waals surface area contributed by atoms with E-state index in [4.69, 9.17) is 5.11 Å². The van der Waals surface area contributed by atoms with Crippen LogP contribution in [0.25, 0.3) is 0 Å². The Morgan fingerprint density at radius 3 is 2.48 bits per heavy atom. The number of carbonyl (C=O) groups is 2. The molecule has 2 aliphatic rings. The lowest BCUT2D eigenvalue weighted by Gasteiger charge is -2.33. The molecule has 1 aliphatic heterocycles. The van der Waals surface area contributed by atoms with Gasteiger partial charge in [-0.25, -0.2) is 8.42 Å². The van der Waals surface area contributed by atoms with E-state index in [1.165, 1.54) is 4.31 Å². The third kappa shape index (κ3) is 3.94. The predicted octanol–water partition coefficient (Wildman–Crippen LogP) is 0.170. The number of hydrogen-bond acceptors (Lipinski definition) is 4. The van der Waals surface area contributed by atoms with Crippen molar-refractivity contribution >= 4 is 21.9 Å². The van der Waals surface area contributed by atoms with E-state index in [2.05, 4.69) is 5.32 Å². The summed E-state index contributed by atoms with van der Waals surface area (Å²) in [5.74, 6) is -1.54. The van der Waals surface area contributed by atoms with Crippen molar-refractivity contribution in [3.05, 3.63) is 0 Å². The van der Waals surface area contributed by atoms with Gasteiger partial charge in [0, 0.05) is 12.6 Å². The maximum atomic E-state index is 12.3. The van der Waals surface area contributed by atoms with Gasteiger partial charge in [0.2, 0.25) is 15.9 Å². The number of carboxylic acid groups (broad SMARTS) is 1. The number of hydrogen-bond donors (Lipinski definition) is 2. The summed E-state index contributed by atoms with van der Waals surface area (Å²) in [6.45, 7) is 0.374. The van der Waals surface area contributed by atoms with Crippen molar-refractivity contribution in [3.8, 4) is 0 Å². The van der Waals surface area contributed by atoms with Gasteiger partial charge in [-0.05, 0) is 32.1 Å². The Morgan fingerprint density at radius 2 is 1.90 bits per heavy atom. The number of aliphatic carboxylic acids is 1. The molecule has 0 aromatic carbocycles. The topological polar surface area (TPSA) is 104 Å². The van der Waals surface area contributed by atoms with Gasteiger partial charge in [-0.15, -0.1) is 0 Å². The molecule has 2 N–H and O–H groups in total. The molecule has 1 saturated heterocycles. The van der Waals surface area contributed by atoms with Crippen LogP contribution in [0.2, 0.25) is 0 Å². The Balaban J connectivity index is 1.97. The first-order valence-corrected chi connectivity index (χ1v) is 9.14. The third-order valence-electron chi connectivity index (χ3n) is 4.31. The van der Waals surface area contributed by atoms with Crippen LogP contribution in [0.3, 0.4) is 0 Å². The third-order valence-corrected chi connectivity index (χ3v) is 5.60. The number of carbonyl (C=O) groups excluding carboxylic acids is 1. The molecular formula is C13H22N2O5S. The molecule has 1 unspecified atom stereocenters. The first kappa shape index (κ1) is 16.2. The lowest BCUT2D eigenvalue weighted by atomic mass is 10.0. The molecule has 1 amide bonds. The van der Waals surface area contributed by atoms with E-state index in [9.17, 15) is 18.0 Å². The lowest BCUT2D eigenvalue weighted by molar-refractivity contribution is -0.141.